The van der Waals surface area contributed by atoms with E-state index in [2.05, 4.69) is 5.32 Å². The average Bonchev–Trinajstić information content (AvgIpc) is 3.67. The van der Waals surface area contributed by atoms with E-state index in [4.69, 9.17) is 14.3 Å². The number of thiophene rings is 1. The predicted octanol–water partition coefficient (Wildman–Crippen LogP) is 7.05. The van der Waals surface area contributed by atoms with E-state index in [-0.39, 0.29) is 18.5 Å². The molecule has 196 valence electrons. The molecule has 0 fully saturated rings. The predicted molar refractivity (Wildman–Crippen MR) is 153 cm³/mol. The molecule has 2 aromatic carbocycles. The largest absolute Gasteiger partial charge is 0.462 e. The number of benzene rings is 2. The van der Waals surface area contributed by atoms with Crippen LogP contribution in [0.3, 0.4) is 0 Å². The highest BCUT2D eigenvalue weighted by atomic mass is 32.1. The number of nitrogens with one attached hydrogen (secondary N) is 1. The Hall–Kier alpha value is -4.43. The van der Waals surface area contributed by atoms with E-state index in [1.165, 1.54) is 17.4 Å². The quantitative estimate of drug-likeness (QED) is 0.178. The summed E-state index contributed by atoms with van der Waals surface area (Å²) in [6, 6.07) is 19.5. The zero-order chi connectivity index (χ0) is 26.8. The van der Waals surface area contributed by atoms with Gasteiger partial charge in [-0.15, -0.1) is 11.3 Å². The van der Waals surface area contributed by atoms with Crippen molar-refractivity contribution < 1.29 is 18.7 Å². The van der Waals surface area contributed by atoms with Gasteiger partial charge in [0.1, 0.15) is 16.3 Å². The lowest BCUT2D eigenvalue weighted by molar-refractivity contribution is -0.111. The Bertz CT molecular complexity index is 1660. The summed E-state index contributed by atoms with van der Waals surface area (Å²) in [6.07, 6.45) is 8.91. The van der Waals surface area contributed by atoms with E-state index in [9.17, 15) is 9.59 Å². The normalized spacial score (nSPS) is 13.1. The van der Waals surface area contributed by atoms with Gasteiger partial charge >= 0.3 is 5.97 Å². The van der Waals surface area contributed by atoms with E-state index in [1.807, 2.05) is 66.9 Å². The number of carbonyl (C=O) groups is 2. The molecular formula is C31H27N3O4S. The zero-order valence-corrected chi connectivity index (χ0v) is 22.3. The maximum atomic E-state index is 13.1. The Morgan fingerprint density at radius 2 is 1.90 bits per heavy atom. The molecular weight excluding hydrogens is 510 g/mol. The van der Waals surface area contributed by atoms with Gasteiger partial charge in [0, 0.05) is 28.1 Å². The van der Waals surface area contributed by atoms with Crippen LogP contribution in [0.15, 0.2) is 77.4 Å². The molecule has 0 aliphatic heterocycles. The summed E-state index contributed by atoms with van der Waals surface area (Å²) in [7, 11) is 0. The zero-order valence-electron chi connectivity index (χ0n) is 21.5. The maximum absolute atomic E-state index is 13.1. The van der Waals surface area contributed by atoms with Crippen LogP contribution in [0.4, 0.5) is 5.00 Å². The van der Waals surface area contributed by atoms with Gasteiger partial charge in [-0.25, -0.2) is 9.48 Å². The fraction of sp³-hybridized carbons (Fsp3) is 0.194. The van der Waals surface area contributed by atoms with Gasteiger partial charge in [-0.2, -0.15) is 5.10 Å². The molecule has 1 aliphatic rings. The number of aromatic nitrogens is 2. The van der Waals surface area contributed by atoms with Gasteiger partial charge in [0.05, 0.1) is 17.9 Å². The van der Waals surface area contributed by atoms with Crippen LogP contribution in [0.25, 0.3) is 34.2 Å². The van der Waals surface area contributed by atoms with Gasteiger partial charge in [0.2, 0.25) is 5.91 Å². The summed E-state index contributed by atoms with van der Waals surface area (Å²) in [5, 5.41) is 9.25. The second-order valence-corrected chi connectivity index (χ2v) is 10.4. The van der Waals surface area contributed by atoms with Crippen molar-refractivity contribution in [2.75, 3.05) is 11.9 Å². The molecule has 1 amide bonds. The maximum Gasteiger partial charge on any atom is 0.341 e. The molecule has 0 bridgehead atoms. The minimum Gasteiger partial charge on any atom is -0.462 e. The fourth-order valence-corrected chi connectivity index (χ4v) is 6.18. The van der Waals surface area contributed by atoms with Gasteiger partial charge in [-0.1, -0.05) is 36.4 Å². The van der Waals surface area contributed by atoms with Crippen molar-refractivity contribution in [2.24, 2.45) is 0 Å². The van der Waals surface area contributed by atoms with E-state index in [0.717, 1.165) is 58.3 Å². The number of hydrogen-bond donors (Lipinski definition) is 1. The van der Waals surface area contributed by atoms with E-state index in [0.29, 0.717) is 22.0 Å². The number of fused-ring (bicyclic) bond motifs is 2. The number of amides is 1. The summed E-state index contributed by atoms with van der Waals surface area (Å²) >= 11 is 1.47. The first-order chi connectivity index (χ1) is 19.1. The standard InChI is InChI=1S/C31H27N3O4S/c1-2-37-31(36)28-23-13-7-9-15-26(23)39-30(28)32-27(35)17-16-21-19-34(22-11-4-3-5-12-22)33-29(21)25-18-20-10-6-8-14-24(20)38-25/h3-6,8,10-12,14,16-19H,2,7,9,13,15H2,1H3,(H,32,35). The SMILES string of the molecule is CCOC(=O)c1c(NC(=O)C=Cc2cn(-c3ccccc3)nc2-c2cc3ccccc3o2)sc2c1CCCC2. The van der Waals surface area contributed by atoms with Gasteiger partial charge in [-0.05, 0) is 68.5 Å². The van der Waals surface area contributed by atoms with E-state index < -0.39 is 0 Å². The molecule has 6 rings (SSSR count). The van der Waals surface area contributed by atoms with Crippen LogP contribution in [-0.4, -0.2) is 28.3 Å². The fourth-order valence-electron chi connectivity index (χ4n) is 4.90. The number of ether oxygens (including phenoxy) is 1. The molecule has 0 saturated heterocycles. The van der Waals surface area contributed by atoms with Crippen molar-refractivity contribution in [2.45, 2.75) is 32.6 Å². The topological polar surface area (TPSA) is 86.4 Å². The van der Waals surface area contributed by atoms with Gasteiger partial charge in [0.15, 0.2) is 5.76 Å². The van der Waals surface area contributed by atoms with Gasteiger partial charge in [-0.3, -0.25) is 4.79 Å². The van der Waals surface area contributed by atoms with Crippen molar-refractivity contribution in [1.82, 2.24) is 9.78 Å². The molecule has 0 atom stereocenters. The molecule has 8 heteroatoms. The van der Waals surface area contributed by atoms with E-state index in [1.54, 1.807) is 17.7 Å². The van der Waals surface area contributed by atoms with Crippen LogP contribution in [0, 0.1) is 0 Å². The van der Waals surface area contributed by atoms with Crippen molar-refractivity contribution in [3.05, 3.63) is 94.5 Å². The molecule has 7 nitrogen and oxygen atoms in total. The Labute approximate surface area is 229 Å². The minimum absolute atomic E-state index is 0.284. The van der Waals surface area contributed by atoms with Gasteiger partial charge in [0.25, 0.3) is 0 Å². The first kappa shape index (κ1) is 24.9. The minimum atomic E-state index is -0.382. The average molecular weight is 538 g/mol. The highest BCUT2D eigenvalue weighted by molar-refractivity contribution is 7.17. The van der Waals surface area contributed by atoms with Crippen LogP contribution >= 0.6 is 11.3 Å². The number of para-hydroxylation sites is 2. The molecule has 3 aromatic heterocycles. The molecule has 3 heterocycles. The lowest BCUT2D eigenvalue weighted by Crippen LogP contribution is -2.14. The Balaban J connectivity index is 1.32. The Morgan fingerprint density at radius 1 is 1.10 bits per heavy atom. The summed E-state index contributed by atoms with van der Waals surface area (Å²) < 4.78 is 13.2. The van der Waals surface area contributed by atoms with Crippen molar-refractivity contribution >= 4 is 45.3 Å². The summed E-state index contributed by atoms with van der Waals surface area (Å²) in [5.41, 5.74) is 4.52. The number of carbonyl (C=O) groups excluding carboxylic acids is 2. The molecule has 0 spiro atoms. The molecule has 39 heavy (non-hydrogen) atoms. The van der Waals surface area contributed by atoms with Crippen LogP contribution in [0.5, 0.6) is 0 Å². The Morgan fingerprint density at radius 3 is 2.72 bits per heavy atom. The van der Waals surface area contributed by atoms with Crippen LogP contribution < -0.4 is 5.32 Å². The number of nitrogens with zero attached hydrogens (tertiary/aromatic N) is 2. The van der Waals surface area contributed by atoms with E-state index >= 15 is 0 Å². The highest BCUT2D eigenvalue weighted by Gasteiger charge is 2.27. The van der Waals surface area contributed by atoms with Crippen molar-refractivity contribution in [3.63, 3.8) is 0 Å². The third-order valence-electron chi connectivity index (χ3n) is 6.72. The molecule has 0 unspecified atom stereocenters. The molecule has 0 radical (unpaired) electrons. The molecule has 1 N–H and O–H groups in total. The summed E-state index contributed by atoms with van der Waals surface area (Å²) in [5.74, 6) is -0.101. The van der Waals surface area contributed by atoms with Gasteiger partial charge < -0.3 is 14.5 Å². The van der Waals surface area contributed by atoms with Crippen molar-refractivity contribution in [3.8, 4) is 17.1 Å². The summed E-state index contributed by atoms with van der Waals surface area (Å²) in [6.45, 7) is 2.07. The lowest BCUT2D eigenvalue weighted by Gasteiger charge is -2.12. The number of aryl methyl sites for hydroxylation is 1. The van der Waals surface area contributed by atoms with Crippen molar-refractivity contribution in [1.29, 1.82) is 0 Å². The summed E-state index contributed by atoms with van der Waals surface area (Å²) in [4.78, 5) is 27.0. The first-order valence-corrected chi connectivity index (χ1v) is 13.9. The smallest absolute Gasteiger partial charge is 0.341 e. The third kappa shape index (κ3) is 5.03. The monoisotopic (exact) mass is 537 g/mol. The molecule has 0 saturated carbocycles. The number of rotatable bonds is 7. The molecule has 1 aliphatic carbocycles. The second kappa shape index (κ2) is 10.7. The third-order valence-corrected chi connectivity index (χ3v) is 7.93. The van der Waals surface area contributed by atoms with Crippen LogP contribution in [-0.2, 0) is 22.4 Å². The second-order valence-electron chi connectivity index (χ2n) is 9.32. The van der Waals surface area contributed by atoms with Crippen LogP contribution in [0.2, 0.25) is 0 Å². The number of hydrogen-bond acceptors (Lipinski definition) is 6. The number of anilines is 1. The Kier molecular flexibility index (Phi) is 6.85. The molecule has 5 aromatic rings. The number of esters is 1. The highest BCUT2D eigenvalue weighted by Crippen LogP contribution is 2.38. The van der Waals surface area contributed by atoms with Crippen LogP contribution in [0.1, 0.15) is 46.1 Å². The number of furan rings is 1. The first-order valence-electron chi connectivity index (χ1n) is 13.1. The lowest BCUT2D eigenvalue weighted by atomic mass is 9.95.